The third-order valence-corrected chi connectivity index (χ3v) is 7.84. The summed E-state index contributed by atoms with van der Waals surface area (Å²) >= 11 is 6.25. The Kier molecular flexibility index (Phi) is 8.25. The van der Waals surface area contributed by atoms with Crippen LogP contribution in [0, 0.1) is 12.8 Å². The van der Waals surface area contributed by atoms with Crippen LogP contribution in [0.3, 0.4) is 0 Å². The van der Waals surface area contributed by atoms with Gasteiger partial charge in [-0.1, -0.05) is 0 Å². The van der Waals surface area contributed by atoms with Crippen molar-refractivity contribution in [2.45, 2.75) is 38.6 Å². The first-order valence-corrected chi connectivity index (χ1v) is 14.8. The molecule has 182 valence electrons. The van der Waals surface area contributed by atoms with Crippen molar-refractivity contribution in [2.24, 2.45) is 5.92 Å². The summed E-state index contributed by atoms with van der Waals surface area (Å²) in [6.07, 6.45) is 0. The van der Waals surface area contributed by atoms with Gasteiger partial charge in [-0.2, -0.15) is 0 Å². The zero-order chi connectivity index (χ0) is 25.1. The Bertz CT molecular complexity index is 1390. The van der Waals surface area contributed by atoms with Gasteiger partial charge in [0, 0.05) is 0 Å². The number of carbonyl (C=O) groups excluding carboxylic acids is 1. The van der Waals surface area contributed by atoms with Crippen molar-refractivity contribution in [1.29, 1.82) is 0 Å². The fourth-order valence-corrected chi connectivity index (χ4v) is 5.91. The molecule has 0 spiro atoms. The van der Waals surface area contributed by atoms with Crippen LogP contribution in [-0.2, 0) is 6.54 Å². The molecule has 4 rings (SSSR count). The monoisotopic (exact) mass is 614 g/mol. The molecule has 0 radical (unpaired) electrons. The first-order chi connectivity index (χ1) is 16.8. The number of carbonyl (C=O) groups is 1. The fourth-order valence-electron chi connectivity index (χ4n) is 4.29. The zero-order valence-electron chi connectivity index (χ0n) is 19.9. The Morgan fingerprint density at radius 1 is 1.14 bits per heavy atom. The molecule has 1 amide bonds. The van der Waals surface area contributed by atoms with E-state index in [2.05, 4.69) is 34.2 Å². The Labute approximate surface area is 226 Å². The second-order valence-corrected chi connectivity index (χ2v) is 11.7. The molecule has 0 fully saturated rings. The van der Waals surface area contributed by atoms with Gasteiger partial charge >= 0.3 is 227 Å². The van der Waals surface area contributed by atoms with E-state index in [1.54, 1.807) is 21.4 Å². The molecule has 0 N–H and O–H groups in total. The minimum atomic E-state index is -0.370. The van der Waals surface area contributed by atoms with E-state index in [9.17, 15) is 9.59 Å². The normalized spacial score (nSPS) is 12.3. The molecule has 2 aromatic heterocycles. The summed E-state index contributed by atoms with van der Waals surface area (Å²) in [6, 6.07) is 16.9. The van der Waals surface area contributed by atoms with Gasteiger partial charge in [0.1, 0.15) is 0 Å². The molecule has 0 saturated carbocycles. The van der Waals surface area contributed by atoms with Crippen molar-refractivity contribution in [3.63, 3.8) is 0 Å². The van der Waals surface area contributed by atoms with Gasteiger partial charge in [-0.05, 0) is 0 Å². The maximum atomic E-state index is 13.8. The van der Waals surface area contributed by atoms with Crippen molar-refractivity contribution in [3.8, 4) is 0 Å². The molecule has 2 heterocycles. The van der Waals surface area contributed by atoms with Crippen LogP contribution in [0.1, 0.15) is 47.3 Å². The first-order valence-electron chi connectivity index (χ1n) is 11.5. The molecule has 2 unspecified atom stereocenters. The van der Waals surface area contributed by atoms with Gasteiger partial charge in [0.25, 0.3) is 0 Å². The van der Waals surface area contributed by atoms with Crippen LogP contribution >= 0.6 is 27.5 Å². The second kappa shape index (κ2) is 11.2. The summed E-state index contributed by atoms with van der Waals surface area (Å²) in [6.45, 7) is 6.96. The average molecular weight is 615 g/mol. The summed E-state index contributed by atoms with van der Waals surface area (Å²) in [5.41, 5.74) is 2.20. The van der Waals surface area contributed by atoms with E-state index in [1.807, 2.05) is 66.4 Å². The molecule has 2 aromatic carbocycles. The van der Waals surface area contributed by atoms with Gasteiger partial charge < -0.3 is 0 Å². The summed E-state index contributed by atoms with van der Waals surface area (Å²) in [4.78, 5) is 35.1. The number of hydrogen-bond acceptors (Lipinski definition) is 5. The van der Waals surface area contributed by atoms with Crippen LogP contribution < -0.4 is 5.56 Å². The van der Waals surface area contributed by atoms with Crippen LogP contribution in [0.25, 0.3) is 10.2 Å². The van der Waals surface area contributed by atoms with Gasteiger partial charge in [0.05, 0.1) is 0 Å². The second-order valence-electron chi connectivity index (χ2n) is 8.78. The number of nitrogens with zero attached hydrogens (tertiary/aromatic N) is 4. The quantitative estimate of drug-likeness (QED) is 0.266. The van der Waals surface area contributed by atoms with E-state index in [0.29, 0.717) is 40.4 Å². The van der Waals surface area contributed by atoms with Crippen molar-refractivity contribution in [2.75, 3.05) is 6.54 Å². The third kappa shape index (κ3) is 5.45. The predicted octanol–water partition coefficient (Wildman–Crippen LogP) is 4.86. The molecule has 0 aliphatic rings. The molecule has 0 aliphatic carbocycles. The Hall–Kier alpha value is -2.28. The molecule has 6 nitrogen and oxygen atoms in total. The van der Waals surface area contributed by atoms with E-state index in [4.69, 9.17) is 4.98 Å². The van der Waals surface area contributed by atoms with Crippen molar-refractivity contribution < 1.29 is 4.79 Å². The number of benzene rings is 2. The third-order valence-electron chi connectivity index (χ3n) is 5.93. The molecule has 35 heavy (non-hydrogen) atoms. The van der Waals surface area contributed by atoms with Crippen LogP contribution in [0.5, 0.6) is 0 Å². The van der Waals surface area contributed by atoms with Gasteiger partial charge in [0.2, 0.25) is 0 Å². The number of aryl methyl sites for hydroxylation is 1. The molecule has 0 saturated heterocycles. The van der Waals surface area contributed by atoms with E-state index in [0.717, 1.165) is 15.2 Å². The average Bonchev–Trinajstić information content (AvgIpc) is 3.22. The fraction of sp³-hybridized carbons (Fsp3) is 0.308. The Morgan fingerprint density at radius 3 is 2.46 bits per heavy atom. The Balaban J connectivity index is 1.91. The van der Waals surface area contributed by atoms with Crippen LogP contribution in [0.4, 0.5) is 0 Å². The van der Waals surface area contributed by atoms with Gasteiger partial charge in [-0.15, -0.1) is 0 Å². The van der Waals surface area contributed by atoms with Crippen LogP contribution in [-0.4, -0.2) is 48.1 Å². The zero-order valence-corrected chi connectivity index (χ0v) is 24.8. The van der Waals surface area contributed by atoms with Crippen LogP contribution in [0.15, 0.2) is 63.9 Å². The predicted molar refractivity (Wildman–Crippen MR) is 148 cm³/mol. The van der Waals surface area contributed by atoms with E-state index < -0.39 is 0 Å². The number of hydrogen-bond donors (Lipinski definition) is 0. The molecule has 0 bridgehead atoms. The molecular weight excluding hydrogens is 587 g/mol. The topological polar surface area (TPSA) is 68.1 Å². The summed E-state index contributed by atoms with van der Waals surface area (Å²) in [5.74, 6) is 0.584. The van der Waals surface area contributed by atoms with Gasteiger partial charge in [-0.25, -0.2) is 0 Å². The Morgan fingerprint density at radius 2 is 1.83 bits per heavy atom. The van der Waals surface area contributed by atoms with E-state index in [1.165, 1.54) is 11.5 Å². The number of fused-ring (bicyclic) bond motifs is 1. The molecular formula is C26H28AsBrN4O2S. The molecule has 9 heteroatoms. The summed E-state index contributed by atoms with van der Waals surface area (Å²) in [5, 5.41) is 1.41. The van der Waals surface area contributed by atoms with E-state index in [-0.39, 0.29) is 23.4 Å². The molecule has 4 aromatic rings. The molecule has 0 aliphatic heterocycles. The molecule has 2 atom stereocenters. The number of halogens is 1. The van der Waals surface area contributed by atoms with E-state index >= 15 is 0 Å². The van der Waals surface area contributed by atoms with Crippen molar-refractivity contribution >= 4 is 60.4 Å². The van der Waals surface area contributed by atoms with Crippen molar-refractivity contribution in [1.82, 2.24) is 18.8 Å². The number of amides is 1. The minimum absolute atomic E-state index is 0.0360. The SMILES string of the molecule is Cc1nsc2nc(C(C(C)C)N(CC[AsH2])C(=O)c3ccc(Br)cc3)n(Cc3ccccc3)c(=O)c12. The van der Waals surface area contributed by atoms with Gasteiger partial charge in [0.15, 0.2) is 0 Å². The number of aromatic nitrogens is 3. The first kappa shape index (κ1) is 25.8. The summed E-state index contributed by atoms with van der Waals surface area (Å²) < 4.78 is 7.07. The maximum absolute atomic E-state index is 13.8. The standard InChI is InChI=1S/C26H28AsBrN4O2S/c1-16(2)22(31(14-13-27)25(33)19-9-11-20(28)12-10-19)23-29-24-21(17(3)30-35-24)26(34)32(23)15-18-7-5-4-6-8-18/h4-12,16,22H,13-15,27H2,1-3H3. The number of rotatable bonds is 8. The van der Waals surface area contributed by atoms with Gasteiger partial charge in [-0.3, -0.25) is 0 Å². The van der Waals surface area contributed by atoms with Crippen LogP contribution in [0.2, 0.25) is 5.21 Å². The summed E-state index contributed by atoms with van der Waals surface area (Å²) in [7, 11) is 0. The van der Waals surface area contributed by atoms with Crippen molar-refractivity contribution in [3.05, 3.63) is 92.1 Å².